The summed E-state index contributed by atoms with van der Waals surface area (Å²) in [6, 6.07) is 87.4. The second kappa shape index (κ2) is 16.6. The first-order valence-electron chi connectivity index (χ1n) is 25.6. The van der Waals surface area contributed by atoms with Crippen LogP contribution in [0, 0.1) is 0 Å². The summed E-state index contributed by atoms with van der Waals surface area (Å²) in [5, 5.41) is 8.74. The summed E-state index contributed by atoms with van der Waals surface area (Å²) in [6.07, 6.45) is 0. The van der Waals surface area contributed by atoms with Crippen molar-refractivity contribution in [2.75, 3.05) is 0 Å². The monoisotopic (exact) mass is 971 g/mol. The molecule has 354 valence electrons. The lowest BCUT2D eigenvalue weighted by Gasteiger charge is -2.16. The van der Waals surface area contributed by atoms with Crippen LogP contribution in [0.5, 0.6) is 0 Å². The molecule has 7 nitrogen and oxygen atoms in total. The molecule has 0 aliphatic carbocycles. The number of aromatic nitrogens is 5. The van der Waals surface area contributed by atoms with Gasteiger partial charge in [0.25, 0.3) is 0 Å². The number of benzene rings is 11. The minimum Gasteiger partial charge on any atom is -0.456 e. The molecule has 0 fully saturated rings. The fraction of sp³-hybridized carbons (Fsp3) is 0. The lowest BCUT2D eigenvalue weighted by Crippen LogP contribution is -2.01. The van der Waals surface area contributed by atoms with Gasteiger partial charge in [0.15, 0.2) is 17.5 Å². The molecule has 0 radical (unpaired) electrons. The molecule has 0 atom stereocenters. The van der Waals surface area contributed by atoms with Gasteiger partial charge in [0, 0.05) is 60.1 Å². The lowest BCUT2D eigenvalue weighted by atomic mass is 9.96. The topological polar surface area (TPSA) is 74.8 Å². The molecule has 5 aromatic heterocycles. The third-order valence-electron chi connectivity index (χ3n) is 15.2. The molecule has 0 N–H and O–H groups in total. The summed E-state index contributed by atoms with van der Waals surface area (Å²) in [6.45, 7) is 0. The molecule has 16 rings (SSSR count). The predicted octanol–water partition coefficient (Wildman–Crippen LogP) is 18.2. The minimum absolute atomic E-state index is 0.518. The Morgan fingerprint density at radius 2 is 0.816 bits per heavy atom. The van der Waals surface area contributed by atoms with Gasteiger partial charge in [-0.1, -0.05) is 182 Å². The van der Waals surface area contributed by atoms with Crippen molar-refractivity contribution < 1.29 is 8.83 Å². The smallest absolute Gasteiger partial charge is 0.167 e. The zero-order valence-corrected chi connectivity index (χ0v) is 40.7. The third-order valence-corrected chi connectivity index (χ3v) is 15.2. The van der Waals surface area contributed by atoms with E-state index < -0.39 is 0 Å². The quantitative estimate of drug-likeness (QED) is 0.159. The van der Waals surface area contributed by atoms with Crippen LogP contribution in [0.25, 0.3) is 155 Å². The molecule has 5 heterocycles. The molecule has 76 heavy (non-hydrogen) atoms. The normalized spacial score (nSPS) is 11.9. The first-order chi connectivity index (χ1) is 37.7. The fourth-order valence-corrected chi connectivity index (χ4v) is 11.8. The van der Waals surface area contributed by atoms with Crippen LogP contribution < -0.4 is 0 Å². The van der Waals surface area contributed by atoms with Gasteiger partial charge in [0.1, 0.15) is 22.3 Å². The second-order valence-electron chi connectivity index (χ2n) is 19.4. The number of nitrogens with zero attached hydrogens (tertiary/aromatic N) is 5. The van der Waals surface area contributed by atoms with Crippen LogP contribution in [0.1, 0.15) is 0 Å². The number of rotatable bonds is 7. The molecule has 0 aliphatic rings. The molecular formula is C69H41N5O2. The summed E-state index contributed by atoms with van der Waals surface area (Å²) in [7, 11) is 0. The lowest BCUT2D eigenvalue weighted by molar-refractivity contribution is 0.668. The fourth-order valence-electron chi connectivity index (χ4n) is 11.8. The van der Waals surface area contributed by atoms with E-state index in [4.69, 9.17) is 23.8 Å². The van der Waals surface area contributed by atoms with E-state index >= 15 is 0 Å². The van der Waals surface area contributed by atoms with Crippen LogP contribution in [-0.2, 0) is 0 Å². The number of hydrogen-bond donors (Lipinski definition) is 0. The van der Waals surface area contributed by atoms with Gasteiger partial charge in [-0.2, -0.15) is 0 Å². The maximum Gasteiger partial charge on any atom is 0.167 e. The van der Waals surface area contributed by atoms with Gasteiger partial charge in [-0.15, -0.1) is 0 Å². The molecule has 0 bridgehead atoms. The van der Waals surface area contributed by atoms with E-state index in [1.165, 1.54) is 10.8 Å². The van der Waals surface area contributed by atoms with Crippen molar-refractivity contribution in [1.29, 1.82) is 0 Å². The zero-order chi connectivity index (χ0) is 49.8. The Labute approximate surface area is 434 Å². The maximum atomic E-state index is 7.11. The first-order valence-corrected chi connectivity index (χ1v) is 25.6. The van der Waals surface area contributed by atoms with Crippen molar-refractivity contribution in [3.05, 3.63) is 249 Å². The minimum atomic E-state index is 0.518. The highest BCUT2D eigenvalue weighted by Gasteiger charge is 2.28. The first kappa shape index (κ1) is 42.2. The predicted molar refractivity (Wildman–Crippen MR) is 310 cm³/mol. The van der Waals surface area contributed by atoms with E-state index in [-0.39, 0.29) is 0 Å². The summed E-state index contributed by atoms with van der Waals surface area (Å²) in [5.41, 5.74) is 16.7. The van der Waals surface area contributed by atoms with E-state index in [0.717, 1.165) is 121 Å². The van der Waals surface area contributed by atoms with Gasteiger partial charge >= 0.3 is 0 Å². The molecule has 0 unspecified atom stereocenters. The molecule has 0 saturated heterocycles. The van der Waals surface area contributed by atoms with Crippen LogP contribution in [0.3, 0.4) is 0 Å². The Kier molecular flexibility index (Phi) is 9.20. The molecule has 0 saturated carbocycles. The van der Waals surface area contributed by atoms with Crippen LogP contribution in [-0.4, -0.2) is 24.1 Å². The Morgan fingerprint density at radius 3 is 1.55 bits per heavy atom. The average molecular weight is 972 g/mol. The third kappa shape index (κ3) is 6.39. The molecule has 0 aliphatic heterocycles. The van der Waals surface area contributed by atoms with Crippen molar-refractivity contribution in [2.24, 2.45) is 0 Å². The summed E-state index contributed by atoms with van der Waals surface area (Å²) >= 11 is 0. The highest BCUT2D eigenvalue weighted by atomic mass is 16.3. The van der Waals surface area contributed by atoms with Gasteiger partial charge in [-0.05, 0) is 83.4 Å². The maximum absolute atomic E-state index is 7.11. The van der Waals surface area contributed by atoms with Gasteiger partial charge in [0.2, 0.25) is 0 Å². The van der Waals surface area contributed by atoms with E-state index in [9.17, 15) is 0 Å². The van der Waals surface area contributed by atoms with Gasteiger partial charge in [-0.25, -0.2) is 15.0 Å². The highest BCUT2D eigenvalue weighted by molar-refractivity contribution is 6.30. The van der Waals surface area contributed by atoms with E-state index in [0.29, 0.717) is 23.1 Å². The molecule has 11 aromatic carbocycles. The molecular weight excluding hydrogens is 931 g/mol. The second-order valence-corrected chi connectivity index (χ2v) is 19.4. The van der Waals surface area contributed by atoms with E-state index in [1.807, 2.05) is 54.6 Å². The Hall–Kier alpha value is -10.4. The largest absolute Gasteiger partial charge is 0.456 e. The van der Waals surface area contributed by atoms with E-state index in [1.54, 1.807) is 0 Å². The van der Waals surface area contributed by atoms with Crippen molar-refractivity contribution >= 4 is 87.5 Å². The average Bonchev–Trinajstić information content (AvgIpc) is 4.44. The van der Waals surface area contributed by atoms with Crippen molar-refractivity contribution in [2.45, 2.75) is 0 Å². The van der Waals surface area contributed by atoms with Crippen LogP contribution >= 0.6 is 0 Å². The van der Waals surface area contributed by atoms with Gasteiger partial charge < -0.3 is 18.0 Å². The SMILES string of the molecule is c1ccc(-c2ccc(-c3nc(-c4ccccc4)nc(-c4ccc(-n5c6ccccc6c6c5c(-c5ccc7oc8ccccc8c7c5)cc5c7ccccc7n(-c7ccccc7)c56)c5c4oc4ccccc45)n3)cc2)cc1. The Morgan fingerprint density at radius 1 is 0.289 bits per heavy atom. The molecule has 16 aromatic rings. The number of fused-ring (bicyclic) bond motifs is 13. The molecule has 7 heteroatoms. The van der Waals surface area contributed by atoms with Crippen LogP contribution in [0.15, 0.2) is 258 Å². The van der Waals surface area contributed by atoms with Crippen molar-refractivity contribution in [3.8, 4) is 67.8 Å². The molecule has 0 spiro atoms. The molecule has 0 amide bonds. The number of furan rings is 2. The highest BCUT2D eigenvalue weighted by Crippen LogP contribution is 2.49. The zero-order valence-electron chi connectivity index (χ0n) is 40.7. The van der Waals surface area contributed by atoms with Crippen LogP contribution in [0.2, 0.25) is 0 Å². The summed E-state index contributed by atoms with van der Waals surface area (Å²) < 4.78 is 18.5. The summed E-state index contributed by atoms with van der Waals surface area (Å²) in [5.74, 6) is 1.67. The van der Waals surface area contributed by atoms with Gasteiger partial charge in [0.05, 0.1) is 38.7 Å². The standard InChI is InChI=1S/C69H41N5O2/c1-4-18-42(19-5-1)43-32-34-45(35-33-43)68-70-67(44-20-6-2-7-21-44)71-69(72-68)52-37-38-58(62-51-27-13-17-31-60(51)76-66(52)62)74-57-29-15-11-26-50(57)63-64(74)53(46-36-39-61-54(40-46)49-25-12-16-30-59(49)75-61)41-55-48-24-10-14-28-56(48)73(65(55)63)47-22-8-3-9-23-47/h1-41H. The van der Waals surface area contributed by atoms with Gasteiger partial charge in [-0.3, -0.25) is 0 Å². The van der Waals surface area contributed by atoms with Crippen LogP contribution in [0.4, 0.5) is 0 Å². The Bertz CT molecular complexity index is 4970. The van der Waals surface area contributed by atoms with E-state index in [2.05, 4.69) is 203 Å². The Balaban J connectivity index is 1.01. The number of para-hydroxylation sites is 5. The summed E-state index contributed by atoms with van der Waals surface area (Å²) in [4.78, 5) is 15.7. The van der Waals surface area contributed by atoms with Crippen molar-refractivity contribution in [3.63, 3.8) is 0 Å². The number of hydrogen-bond acceptors (Lipinski definition) is 5. The van der Waals surface area contributed by atoms with Crippen molar-refractivity contribution in [1.82, 2.24) is 24.1 Å².